The Labute approximate surface area is 153 Å². The van der Waals surface area contributed by atoms with Crippen LogP contribution in [0.5, 0.6) is 0 Å². The van der Waals surface area contributed by atoms with Gasteiger partial charge in [0.25, 0.3) is 5.91 Å². The highest BCUT2D eigenvalue weighted by molar-refractivity contribution is 5.91. The lowest BCUT2D eigenvalue weighted by molar-refractivity contribution is 0.0657. The smallest absolute Gasteiger partial charge is 0.289 e. The highest BCUT2D eigenvalue weighted by atomic mass is 16.3. The first-order valence-electron chi connectivity index (χ1n) is 8.96. The third-order valence-electron chi connectivity index (χ3n) is 4.27. The molecule has 1 amide bonds. The molecule has 7 nitrogen and oxygen atoms in total. The van der Waals surface area contributed by atoms with E-state index in [1.807, 2.05) is 30.0 Å². The van der Waals surface area contributed by atoms with Gasteiger partial charge in [0, 0.05) is 38.4 Å². The van der Waals surface area contributed by atoms with Crippen molar-refractivity contribution in [3.63, 3.8) is 0 Å². The zero-order chi connectivity index (χ0) is 18.4. The second-order valence-corrected chi connectivity index (χ2v) is 6.20. The number of piperazine rings is 1. The van der Waals surface area contributed by atoms with Gasteiger partial charge in [-0.05, 0) is 38.1 Å². The van der Waals surface area contributed by atoms with Crippen LogP contribution in [0.3, 0.4) is 0 Å². The van der Waals surface area contributed by atoms with Crippen molar-refractivity contribution in [3.8, 4) is 0 Å². The molecule has 0 aromatic carbocycles. The summed E-state index contributed by atoms with van der Waals surface area (Å²) in [6.45, 7) is 8.13. The molecule has 1 aliphatic heterocycles. The number of hydrogen-bond donors (Lipinski definition) is 1. The van der Waals surface area contributed by atoms with Crippen LogP contribution >= 0.6 is 0 Å². The molecule has 1 aliphatic rings. The van der Waals surface area contributed by atoms with Crippen LogP contribution in [0, 0.1) is 6.92 Å². The minimum atomic E-state index is -0.0550. The Hall–Kier alpha value is -2.83. The quantitative estimate of drug-likeness (QED) is 0.670. The number of aliphatic imine (C=N–C) groups is 1. The number of aryl methyl sites for hydroxylation is 1. The zero-order valence-corrected chi connectivity index (χ0v) is 15.3. The predicted molar refractivity (Wildman–Crippen MR) is 100.0 cm³/mol. The lowest BCUT2D eigenvalue weighted by Gasteiger charge is -2.36. The third kappa shape index (κ3) is 4.41. The van der Waals surface area contributed by atoms with E-state index in [0.29, 0.717) is 25.4 Å². The topological polar surface area (TPSA) is 74.0 Å². The van der Waals surface area contributed by atoms with Crippen LogP contribution in [-0.2, 0) is 6.54 Å². The highest BCUT2D eigenvalue weighted by Crippen LogP contribution is 2.10. The first kappa shape index (κ1) is 18.0. The summed E-state index contributed by atoms with van der Waals surface area (Å²) in [4.78, 5) is 25.6. The number of guanidine groups is 1. The molecule has 1 N–H and O–H groups in total. The Morgan fingerprint density at radius 3 is 2.62 bits per heavy atom. The number of carbonyl (C=O) groups is 1. The van der Waals surface area contributed by atoms with Gasteiger partial charge in [-0.1, -0.05) is 6.07 Å². The van der Waals surface area contributed by atoms with Crippen molar-refractivity contribution in [2.45, 2.75) is 20.4 Å². The molecule has 7 heteroatoms. The van der Waals surface area contributed by atoms with Gasteiger partial charge in [-0.2, -0.15) is 0 Å². The number of rotatable bonds is 4. The van der Waals surface area contributed by atoms with Crippen LogP contribution in [-0.4, -0.2) is 59.4 Å². The Bertz CT molecular complexity index is 749. The van der Waals surface area contributed by atoms with E-state index in [1.54, 1.807) is 12.1 Å². The summed E-state index contributed by atoms with van der Waals surface area (Å²) in [6, 6.07) is 9.40. The molecule has 1 saturated heterocycles. The Kier molecular flexibility index (Phi) is 5.88. The number of furan rings is 1. The summed E-state index contributed by atoms with van der Waals surface area (Å²) in [6.07, 6.45) is 1.53. The molecule has 0 bridgehead atoms. The number of amides is 1. The predicted octanol–water partition coefficient (Wildman–Crippen LogP) is 1.91. The van der Waals surface area contributed by atoms with Crippen molar-refractivity contribution < 1.29 is 9.21 Å². The van der Waals surface area contributed by atoms with E-state index in [-0.39, 0.29) is 5.91 Å². The van der Waals surface area contributed by atoms with Crippen LogP contribution in [0.1, 0.15) is 28.9 Å². The standard InChI is InChI=1S/C19H25N5O2/c1-3-20-19(21-14-16-7-4-6-15(2)22-16)24-11-9-23(10-12-24)18(25)17-8-5-13-26-17/h4-8,13H,3,9-12,14H2,1-2H3,(H,20,21). The average Bonchev–Trinajstić information content (AvgIpc) is 3.19. The maximum absolute atomic E-state index is 12.4. The van der Waals surface area contributed by atoms with Crippen LogP contribution in [0.15, 0.2) is 46.0 Å². The summed E-state index contributed by atoms with van der Waals surface area (Å²) in [5.41, 5.74) is 1.94. The zero-order valence-electron chi connectivity index (χ0n) is 15.3. The minimum Gasteiger partial charge on any atom is -0.459 e. The van der Waals surface area contributed by atoms with E-state index in [0.717, 1.165) is 37.0 Å². The van der Waals surface area contributed by atoms with E-state index in [4.69, 9.17) is 9.41 Å². The molecular formula is C19H25N5O2. The first-order chi connectivity index (χ1) is 12.7. The number of aromatic nitrogens is 1. The van der Waals surface area contributed by atoms with Gasteiger partial charge < -0.3 is 19.5 Å². The molecule has 0 saturated carbocycles. The maximum Gasteiger partial charge on any atom is 0.289 e. The van der Waals surface area contributed by atoms with Crippen molar-refractivity contribution in [1.82, 2.24) is 20.1 Å². The van der Waals surface area contributed by atoms with Crippen molar-refractivity contribution >= 4 is 11.9 Å². The number of pyridine rings is 1. The molecule has 2 aromatic heterocycles. The maximum atomic E-state index is 12.4. The van der Waals surface area contributed by atoms with Gasteiger partial charge in [0.2, 0.25) is 0 Å². The summed E-state index contributed by atoms with van der Waals surface area (Å²) < 4.78 is 5.21. The van der Waals surface area contributed by atoms with E-state index in [2.05, 4.69) is 22.1 Å². The van der Waals surface area contributed by atoms with E-state index in [9.17, 15) is 4.79 Å². The lowest BCUT2D eigenvalue weighted by Crippen LogP contribution is -2.53. The fraction of sp³-hybridized carbons (Fsp3) is 0.421. The minimum absolute atomic E-state index is 0.0550. The molecule has 0 atom stereocenters. The molecule has 3 rings (SSSR count). The number of carbonyl (C=O) groups excluding carboxylic acids is 1. The fourth-order valence-corrected chi connectivity index (χ4v) is 2.95. The molecule has 138 valence electrons. The molecule has 0 spiro atoms. The van der Waals surface area contributed by atoms with Gasteiger partial charge in [-0.3, -0.25) is 9.78 Å². The second kappa shape index (κ2) is 8.51. The SMILES string of the molecule is CCNC(=NCc1cccc(C)n1)N1CCN(C(=O)c2ccco2)CC1. The van der Waals surface area contributed by atoms with Crippen molar-refractivity contribution in [1.29, 1.82) is 0 Å². The fourth-order valence-electron chi connectivity index (χ4n) is 2.95. The monoisotopic (exact) mass is 355 g/mol. The summed E-state index contributed by atoms with van der Waals surface area (Å²) in [7, 11) is 0. The lowest BCUT2D eigenvalue weighted by atomic mass is 10.3. The Morgan fingerprint density at radius 2 is 1.96 bits per heavy atom. The van der Waals surface area contributed by atoms with Gasteiger partial charge in [0.05, 0.1) is 18.5 Å². The molecule has 2 aromatic rings. The molecule has 0 aliphatic carbocycles. The summed E-state index contributed by atoms with van der Waals surface area (Å²) >= 11 is 0. The van der Waals surface area contributed by atoms with Gasteiger partial charge in [-0.25, -0.2) is 4.99 Å². The largest absolute Gasteiger partial charge is 0.459 e. The molecule has 1 fully saturated rings. The van der Waals surface area contributed by atoms with Crippen molar-refractivity contribution in [2.75, 3.05) is 32.7 Å². The van der Waals surface area contributed by atoms with E-state index < -0.39 is 0 Å². The van der Waals surface area contributed by atoms with Crippen molar-refractivity contribution in [2.24, 2.45) is 4.99 Å². The molecule has 0 radical (unpaired) electrons. The summed E-state index contributed by atoms with van der Waals surface area (Å²) in [5, 5.41) is 3.33. The normalized spacial score (nSPS) is 15.2. The highest BCUT2D eigenvalue weighted by Gasteiger charge is 2.25. The van der Waals surface area contributed by atoms with Crippen LogP contribution < -0.4 is 5.32 Å². The summed E-state index contributed by atoms with van der Waals surface area (Å²) in [5.74, 6) is 1.20. The number of nitrogens with one attached hydrogen (secondary N) is 1. The number of hydrogen-bond acceptors (Lipinski definition) is 4. The molecule has 0 unspecified atom stereocenters. The van der Waals surface area contributed by atoms with Crippen LogP contribution in [0.4, 0.5) is 0 Å². The van der Waals surface area contributed by atoms with E-state index >= 15 is 0 Å². The number of nitrogens with zero attached hydrogens (tertiary/aromatic N) is 4. The van der Waals surface area contributed by atoms with Gasteiger partial charge in [0.15, 0.2) is 11.7 Å². The van der Waals surface area contributed by atoms with Gasteiger partial charge >= 0.3 is 0 Å². The first-order valence-corrected chi connectivity index (χ1v) is 8.96. The second-order valence-electron chi connectivity index (χ2n) is 6.20. The Morgan fingerprint density at radius 1 is 1.19 bits per heavy atom. The van der Waals surface area contributed by atoms with Gasteiger partial charge in [-0.15, -0.1) is 0 Å². The van der Waals surface area contributed by atoms with Crippen molar-refractivity contribution in [3.05, 3.63) is 53.7 Å². The molecule has 3 heterocycles. The third-order valence-corrected chi connectivity index (χ3v) is 4.27. The van der Waals surface area contributed by atoms with E-state index in [1.165, 1.54) is 6.26 Å². The van der Waals surface area contributed by atoms with Crippen LogP contribution in [0.25, 0.3) is 0 Å². The molecular weight excluding hydrogens is 330 g/mol. The van der Waals surface area contributed by atoms with Crippen LogP contribution in [0.2, 0.25) is 0 Å². The van der Waals surface area contributed by atoms with Gasteiger partial charge in [0.1, 0.15) is 0 Å². The molecule has 26 heavy (non-hydrogen) atoms. The Balaban J connectivity index is 1.61. The average molecular weight is 355 g/mol.